The Bertz CT molecular complexity index is 1150. The van der Waals surface area contributed by atoms with Crippen molar-refractivity contribution in [3.63, 3.8) is 0 Å². The van der Waals surface area contributed by atoms with E-state index in [1.165, 1.54) is 22.3 Å². The highest BCUT2D eigenvalue weighted by Crippen LogP contribution is 2.10. The SMILES string of the molecule is c1ccn(Cc2ccc(Cn3cccc3)cc2)c1.c1ccn(Cc2ccc(Cn3cccc3)cc2)c1. The van der Waals surface area contributed by atoms with Crippen molar-refractivity contribution in [3.8, 4) is 0 Å². The fraction of sp³-hybridized carbons (Fsp3) is 0.125. The van der Waals surface area contributed by atoms with Gasteiger partial charge in [0.2, 0.25) is 0 Å². The lowest BCUT2D eigenvalue weighted by Crippen LogP contribution is -1.98. The van der Waals surface area contributed by atoms with Crippen molar-refractivity contribution in [1.82, 2.24) is 18.3 Å². The molecule has 0 aliphatic carbocycles. The minimum atomic E-state index is 0.941. The Kier molecular flexibility index (Phi) is 7.64. The third-order valence-corrected chi connectivity index (χ3v) is 6.17. The summed E-state index contributed by atoms with van der Waals surface area (Å²) in [5, 5.41) is 0. The van der Waals surface area contributed by atoms with Gasteiger partial charge in [-0.3, -0.25) is 0 Å². The second kappa shape index (κ2) is 11.8. The average Bonchev–Trinajstić information content (AvgIpc) is 3.72. The van der Waals surface area contributed by atoms with E-state index in [9.17, 15) is 0 Å². The number of benzene rings is 2. The van der Waals surface area contributed by atoms with Crippen molar-refractivity contribution >= 4 is 0 Å². The van der Waals surface area contributed by atoms with Crippen molar-refractivity contribution in [2.45, 2.75) is 26.2 Å². The highest BCUT2D eigenvalue weighted by Gasteiger charge is 1.98. The summed E-state index contributed by atoms with van der Waals surface area (Å²) < 4.78 is 8.73. The molecule has 4 heterocycles. The topological polar surface area (TPSA) is 19.7 Å². The van der Waals surface area contributed by atoms with Gasteiger partial charge in [-0.1, -0.05) is 48.5 Å². The molecule has 0 amide bonds. The molecule has 0 aliphatic rings. The Morgan fingerprint density at radius 3 is 0.611 bits per heavy atom. The lowest BCUT2D eigenvalue weighted by Gasteiger charge is -2.06. The van der Waals surface area contributed by atoms with Crippen LogP contribution in [0.25, 0.3) is 0 Å². The van der Waals surface area contributed by atoms with Gasteiger partial charge < -0.3 is 18.3 Å². The maximum absolute atomic E-state index is 2.21. The predicted octanol–water partition coefficient (Wildman–Crippen LogP) is 6.77. The molecule has 36 heavy (non-hydrogen) atoms. The van der Waals surface area contributed by atoms with Crippen LogP contribution in [-0.2, 0) is 26.2 Å². The molecule has 0 unspecified atom stereocenters. The zero-order chi connectivity index (χ0) is 24.4. The molecule has 2 aromatic carbocycles. The molecule has 0 saturated carbocycles. The van der Waals surface area contributed by atoms with Crippen molar-refractivity contribution in [3.05, 3.63) is 169 Å². The van der Waals surface area contributed by atoms with Crippen molar-refractivity contribution in [1.29, 1.82) is 0 Å². The standard InChI is InChI=1S/2C16H16N2/c2*1-2-10-17(9-1)13-15-5-7-16(8-6-15)14-18-11-3-4-12-18/h2*1-12H,13-14H2. The first-order valence-corrected chi connectivity index (χ1v) is 12.4. The fourth-order valence-corrected chi connectivity index (χ4v) is 4.25. The smallest absolute Gasteiger partial charge is 0.0470 e. The van der Waals surface area contributed by atoms with Crippen LogP contribution >= 0.6 is 0 Å². The Hall–Kier alpha value is -4.44. The second-order valence-corrected chi connectivity index (χ2v) is 9.05. The van der Waals surface area contributed by atoms with Crippen LogP contribution in [0.1, 0.15) is 22.3 Å². The molecule has 0 aliphatic heterocycles. The van der Waals surface area contributed by atoms with Gasteiger partial charge in [0.05, 0.1) is 0 Å². The minimum Gasteiger partial charge on any atom is -0.350 e. The number of aromatic nitrogens is 4. The van der Waals surface area contributed by atoms with Gasteiger partial charge in [0.1, 0.15) is 0 Å². The van der Waals surface area contributed by atoms with Gasteiger partial charge in [0.15, 0.2) is 0 Å². The lowest BCUT2D eigenvalue weighted by atomic mass is 10.1. The van der Waals surface area contributed by atoms with Gasteiger partial charge in [-0.2, -0.15) is 0 Å². The van der Waals surface area contributed by atoms with Crippen LogP contribution in [0.2, 0.25) is 0 Å². The molecule has 4 heteroatoms. The third-order valence-electron chi connectivity index (χ3n) is 6.17. The number of rotatable bonds is 8. The normalized spacial score (nSPS) is 10.7. The zero-order valence-electron chi connectivity index (χ0n) is 20.5. The largest absolute Gasteiger partial charge is 0.350 e. The number of nitrogens with zero attached hydrogens (tertiary/aromatic N) is 4. The quantitative estimate of drug-likeness (QED) is 0.233. The maximum Gasteiger partial charge on any atom is 0.0470 e. The number of hydrogen-bond acceptors (Lipinski definition) is 0. The Balaban J connectivity index is 0.000000148. The molecule has 0 atom stereocenters. The van der Waals surface area contributed by atoms with Gasteiger partial charge >= 0.3 is 0 Å². The summed E-state index contributed by atoms with van der Waals surface area (Å²) in [4.78, 5) is 0. The summed E-state index contributed by atoms with van der Waals surface area (Å²) in [7, 11) is 0. The van der Waals surface area contributed by atoms with Crippen molar-refractivity contribution in [2.75, 3.05) is 0 Å². The molecule has 0 fully saturated rings. The van der Waals surface area contributed by atoms with E-state index in [2.05, 4.69) is 165 Å². The Morgan fingerprint density at radius 1 is 0.278 bits per heavy atom. The van der Waals surface area contributed by atoms with Crippen molar-refractivity contribution in [2.24, 2.45) is 0 Å². The molecule has 0 saturated heterocycles. The summed E-state index contributed by atoms with van der Waals surface area (Å²) in [5.74, 6) is 0. The van der Waals surface area contributed by atoms with Crippen LogP contribution < -0.4 is 0 Å². The molecule has 6 rings (SSSR count). The van der Waals surface area contributed by atoms with Crippen LogP contribution in [-0.4, -0.2) is 18.3 Å². The van der Waals surface area contributed by atoms with E-state index in [-0.39, 0.29) is 0 Å². The molecule has 0 N–H and O–H groups in total. The van der Waals surface area contributed by atoms with E-state index in [0.29, 0.717) is 0 Å². The summed E-state index contributed by atoms with van der Waals surface area (Å²) in [6, 6.07) is 34.1. The first-order chi connectivity index (χ1) is 17.8. The van der Waals surface area contributed by atoms with E-state index in [4.69, 9.17) is 0 Å². The van der Waals surface area contributed by atoms with E-state index in [1.54, 1.807) is 0 Å². The van der Waals surface area contributed by atoms with Crippen LogP contribution in [0.15, 0.2) is 147 Å². The summed E-state index contributed by atoms with van der Waals surface area (Å²) >= 11 is 0. The molecule has 4 nitrogen and oxygen atoms in total. The highest BCUT2D eigenvalue weighted by molar-refractivity contribution is 5.24. The Morgan fingerprint density at radius 2 is 0.444 bits per heavy atom. The van der Waals surface area contributed by atoms with Gasteiger partial charge in [-0.25, -0.2) is 0 Å². The van der Waals surface area contributed by atoms with E-state index in [0.717, 1.165) is 26.2 Å². The zero-order valence-corrected chi connectivity index (χ0v) is 20.5. The molecule has 6 aromatic rings. The summed E-state index contributed by atoms with van der Waals surface area (Å²) in [5.41, 5.74) is 5.34. The predicted molar refractivity (Wildman–Crippen MR) is 147 cm³/mol. The Labute approximate surface area is 213 Å². The van der Waals surface area contributed by atoms with Gasteiger partial charge in [-0.05, 0) is 70.8 Å². The monoisotopic (exact) mass is 472 g/mol. The third kappa shape index (κ3) is 6.80. The average molecular weight is 473 g/mol. The van der Waals surface area contributed by atoms with Crippen LogP contribution in [0.4, 0.5) is 0 Å². The fourth-order valence-electron chi connectivity index (χ4n) is 4.25. The second-order valence-electron chi connectivity index (χ2n) is 9.05. The minimum absolute atomic E-state index is 0.941. The summed E-state index contributed by atoms with van der Waals surface area (Å²) in [6.07, 6.45) is 16.7. The van der Waals surface area contributed by atoms with Gasteiger partial charge in [-0.15, -0.1) is 0 Å². The molecular formula is C32H32N4. The molecule has 4 aromatic heterocycles. The van der Waals surface area contributed by atoms with Gasteiger partial charge in [0.25, 0.3) is 0 Å². The number of hydrogen-bond donors (Lipinski definition) is 0. The first-order valence-electron chi connectivity index (χ1n) is 12.4. The highest BCUT2D eigenvalue weighted by atomic mass is 14.9. The summed E-state index contributed by atoms with van der Waals surface area (Å²) in [6.45, 7) is 3.77. The molecular weight excluding hydrogens is 440 g/mol. The van der Waals surface area contributed by atoms with E-state index < -0.39 is 0 Å². The molecule has 180 valence electrons. The molecule has 0 bridgehead atoms. The van der Waals surface area contributed by atoms with E-state index >= 15 is 0 Å². The lowest BCUT2D eigenvalue weighted by molar-refractivity contribution is 0.793. The maximum atomic E-state index is 2.21. The van der Waals surface area contributed by atoms with Gasteiger partial charge in [0, 0.05) is 75.8 Å². The molecule has 0 radical (unpaired) electrons. The van der Waals surface area contributed by atoms with Crippen LogP contribution in [0.5, 0.6) is 0 Å². The van der Waals surface area contributed by atoms with E-state index in [1.807, 2.05) is 0 Å². The van der Waals surface area contributed by atoms with Crippen molar-refractivity contribution < 1.29 is 0 Å². The van der Waals surface area contributed by atoms with Crippen LogP contribution in [0, 0.1) is 0 Å². The first kappa shape index (κ1) is 23.3. The van der Waals surface area contributed by atoms with Crippen LogP contribution in [0.3, 0.4) is 0 Å². The molecule has 0 spiro atoms.